The smallest absolute Gasteiger partial charge is 0.316 e. The van der Waals surface area contributed by atoms with Crippen LogP contribution >= 0.6 is 0 Å². The number of aromatic nitrogens is 2. The molecule has 0 unspecified atom stereocenters. The molecule has 5 nitrogen and oxygen atoms in total. The molecule has 0 N–H and O–H groups in total. The number of fused-ring (bicyclic) bond motifs is 14. The van der Waals surface area contributed by atoms with E-state index < -0.39 is 0 Å². The minimum atomic E-state index is -0.190. The predicted molar refractivity (Wildman–Crippen MR) is 408 cm³/mol. The zero-order valence-electron chi connectivity index (χ0n) is 56.6. The normalized spacial score (nSPS) is 13.6. The average molecular weight is 1230 g/mol. The minimum Gasteiger partial charge on any atom is -0.444 e. The van der Waals surface area contributed by atoms with Crippen molar-refractivity contribution in [2.75, 3.05) is 14.5 Å². The summed E-state index contributed by atoms with van der Waals surface area (Å²) in [5.41, 5.74) is 33.1. The van der Waals surface area contributed by atoms with E-state index in [0.29, 0.717) is 0 Å². The molecule has 4 aliphatic heterocycles. The van der Waals surface area contributed by atoms with Crippen molar-refractivity contribution in [2.24, 2.45) is 0 Å². The van der Waals surface area contributed by atoms with Crippen molar-refractivity contribution in [1.29, 1.82) is 0 Å². The maximum absolute atomic E-state index is 2.92. The van der Waals surface area contributed by atoms with Gasteiger partial charge in [-0.05, 0) is 185 Å². The summed E-state index contributed by atoms with van der Waals surface area (Å²) in [7, 11) is 0. The summed E-state index contributed by atoms with van der Waals surface area (Å²) < 4.78 is 8.20. The highest BCUT2D eigenvalue weighted by Crippen LogP contribution is 2.54. The maximum atomic E-state index is 2.92. The molecule has 95 heavy (non-hydrogen) atoms. The summed E-state index contributed by atoms with van der Waals surface area (Å²) in [6.45, 7) is 27.3. The van der Waals surface area contributed by atoms with E-state index in [2.05, 4.69) is 355 Å². The van der Waals surface area contributed by atoms with Gasteiger partial charge in [0.15, 0.2) is 0 Å². The van der Waals surface area contributed by atoms with Crippen LogP contribution in [-0.4, -0.2) is 22.8 Å². The van der Waals surface area contributed by atoms with Crippen LogP contribution in [0.1, 0.15) is 105 Å². The van der Waals surface area contributed by atoms with Gasteiger partial charge in [0.2, 0.25) is 0 Å². The fraction of sp³-hybridized carbons (Fsp3) is 0.182. The number of hydrogen-bond donors (Lipinski definition) is 0. The summed E-state index contributed by atoms with van der Waals surface area (Å²) in [5.74, 6) is 0. The van der Waals surface area contributed by atoms with Gasteiger partial charge in [-0.1, -0.05) is 235 Å². The Balaban J connectivity index is 0.992. The van der Waals surface area contributed by atoms with E-state index in [1.165, 1.54) is 138 Å². The molecule has 0 fully saturated rings. The molecule has 0 saturated heterocycles. The molecule has 6 heterocycles. The molecule has 0 spiro atoms. The fourth-order valence-electron chi connectivity index (χ4n) is 16.7. The van der Waals surface area contributed by atoms with Crippen LogP contribution in [0.5, 0.6) is 0 Å². The van der Waals surface area contributed by atoms with Gasteiger partial charge in [0.05, 0.1) is 22.1 Å². The van der Waals surface area contributed by atoms with Crippen LogP contribution in [0.4, 0.5) is 39.8 Å². The lowest BCUT2D eigenvalue weighted by atomic mass is 9.32. The highest BCUT2D eigenvalue weighted by atomic mass is 15.2. The Morgan fingerprint density at radius 1 is 0.284 bits per heavy atom. The standard InChI is InChI=1S/C88H77B2N5/c1-85(2,3)56-32-40-60(41-33-56)91(61-42-34-57(35-43-61)86(4,5)6)64-50-70-72-48-55(54-22-14-13-15-23-54)49-73-71-51-65(92(62-44-36-58(37-45-62)87(7,8)9)63-46-38-59(39-47-63)88(10,11)12)53-79-81(71)90(75-29-21-27-69-67-25-17-19-31-77(67)94(79)84(69)75)95(82(72)73)89-74-28-20-26-68-66-24-16-18-30-76(66)93(83(68)74)78(52-64)80(70)89/h13-53H,1-12H3. The Morgan fingerprint density at radius 2 is 0.621 bits per heavy atom. The van der Waals surface area contributed by atoms with Crippen LogP contribution in [-0.2, 0) is 21.7 Å². The lowest BCUT2D eigenvalue weighted by Gasteiger charge is -2.51. The van der Waals surface area contributed by atoms with E-state index in [4.69, 9.17) is 0 Å². The zero-order chi connectivity index (χ0) is 64.9. The van der Waals surface area contributed by atoms with Crippen molar-refractivity contribution < 1.29 is 0 Å². The van der Waals surface area contributed by atoms with Gasteiger partial charge in [0.1, 0.15) is 0 Å². The summed E-state index contributed by atoms with van der Waals surface area (Å²) >= 11 is 0. The molecule has 0 amide bonds. The number of nitrogens with zero attached hydrogens (tertiary/aromatic N) is 5. The molecule has 18 rings (SSSR count). The Kier molecular flexibility index (Phi) is 12.2. The van der Waals surface area contributed by atoms with Crippen molar-refractivity contribution in [3.05, 3.63) is 271 Å². The monoisotopic (exact) mass is 1230 g/mol. The van der Waals surface area contributed by atoms with E-state index >= 15 is 0 Å². The van der Waals surface area contributed by atoms with Crippen LogP contribution in [0.15, 0.2) is 249 Å². The second-order valence-electron chi connectivity index (χ2n) is 31.4. The number of anilines is 7. The summed E-state index contributed by atoms with van der Waals surface area (Å²) in [6.07, 6.45) is 0. The van der Waals surface area contributed by atoms with Crippen LogP contribution in [0.25, 0.3) is 88.4 Å². The first-order valence-electron chi connectivity index (χ1n) is 34.1. The summed E-state index contributed by atoms with van der Waals surface area (Å²) in [4.78, 5) is 5.05. The molecule has 7 heteroatoms. The molecular formula is C88H77B2N5. The van der Waals surface area contributed by atoms with Crippen LogP contribution in [0, 0.1) is 0 Å². The first-order valence-corrected chi connectivity index (χ1v) is 34.1. The largest absolute Gasteiger partial charge is 0.444 e. The third-order valence-corrected chi connectivity index (χ3v) is 21.5. The Labute approximate surface area is 559 Å². The number of hydrogen-bond acceptors (Lipinski definition) is 3. The van der Waals surface area contributed by atoms with Gasteiger partial charge in [-0.15, -0.1) is 0 Å². The third kappa shape index (κ3) is 8.56. The van der Waals surface area contributed by atoms with Gasteiger partial charge in [0.25, 0.3) is 0 Å². The first-order chi connectivity index (χ1) is 45.7. The first kappa shape index (κ1) is 57.4. The molecule has 4 aliphatic rings. The molecule has 0 radical (unpaired) electrons. The van der Waals surface area contributed by atoms with Gasteiger partial charge in [-0.3, -0.25) is 0 Å². The quantitative estimate of drug-likeness (QED) is 0.148. The van der Waals surface area contributed by atoms with E-state index in [1.807, 2.05) is 0 Å². The zero-order valence-corrected chi connectivity index (χ0v) is 56.6. The molecule has 0 saturated carbocycles. The Bertz CT molecular complexity index is 5080. The molecule has 14 aromatic rings. The maximum Gasteiger partial charge on any atom is 0.316 e. The topological polar surface area (TPSA) is 19.6 Å². The average Bonchev–Trinajstić information content (AvgIpc) is 1.66. The van der Waals surface area contributed by atoms with Gasteiger partial charge < -0.3 is 23.7 Å². The Hall–Kier alpha value is -10.2. The minimum absolute atomic E-state index is 0.0139. The van der Waals surface area contributed by atoms with Crippen molar-refractivity contribution in [3.8, 4) is 44.8 Å². The number of para-hydroxylation sites is 4. The molecule has 0 aliphatic carbocycles. The fourth-order valence-corrected chi connectivity index (χ4v) is 16.7. The molecule has 12 aromatic carbocycles. The van der Waals surface area contributed by atoms with Crippen LogP contribution in [0.2, 0.25) is 0 Å². The van der Waals surface area contributed by atoms with E-state index in [0.717, 1.165) is 34.1 Å². The molecule has 2 aromatic heterocycles. The van der Waals surface area contributed by atoms with Crippen LogP contribution in [0.3, 0.4) is 0 Å². The van der Waals surface area contributed by atoms with E-state index in [-0.39, 0.29) is 35.4 Å². The highest BCUT2D eigenvalue weighted by molar-refractivity contribution is 7.09. The van der Waals surface area contributed by atoms with E-state index in [9.17, 15) is 0 Å². The number of rotatable bonds is 7. The molecular weight excluding hydrogens is 1150 g/mol. The predicted octanol–water partition coefficient (Wildman–Crippen LogP) is 20.7. The van der Waals surface area contributed by atoms with Crippen molar-refractivity contribution in [1.82, 2.24) is 9.13 Å². The second kappa shape index (κ2) is 20.1. The van der Waals surface area contributed by atoms with E-state index in [1.54, 1.807) is 0 Å². The molecule has 0 bridgehead atoms. The third-order valence-electron chi connectivity index (χ3n) is 21.5. The van der Waals surface area contributed by atoms with Gasteiger partial charge >= 0.3 is 13.7 Å². The lowest BCUT2D eigenvalue weighted by molar-refractivity contribution is 0.590. The van der Waals surface area contributed by atoms with Crippen molar-refractivity contribution in [2.45, 2.75) is 105 Å². The van der Waals surface area contributed by atoms with Gasteiger partial charge in [-0.25, -0.2) is 0 Å². The van der Waals surface area contributed by atoms with Crippen molar-refractivity contribution >= 4 is 119 Å². The molecule has 0 atom stereocenters. The lowest BCUT2D eigenvalue weighted by Crippen LogP contribution is -2.74. The Morgan fingerprint density at radius 3 is 0.979 bits per heavy atom. The number of benzene rings is 12. The highest BCUT2D eigenvalue weighted by Gasteiger charge is 2.53. The van der Waals surface area contributed by atoms with Gasteiger partial charge in [0, 0.05) is 83.9 Å². The summed E-state index contributed by atoms with van der Waals surface area (Å²) in [5, 5.41) is 5.06. The van der Waals surface area contributed by atoms with Crippen molar-refractivity contribution in [3.63, 3.8) is 0 Å². The second-order valence-corrected chi connectivity index (χ2v) is 31.4. The molecule has 460 valence electrons. The SMILES string of the molecule is CC(C)(C)c1ccc(N(c2ccc(C(C)(C)C)cc2)c2cc3c4c(c2)-n2c5ccccc5c5cccc(c52)B4N2B4c5c(cc(N(c6ccc(C(C)(C)C)cc6)c6ccc(C(C)(C)C)cc6)cc5-n5c6ccccc6c6cccc4c65)-c4cc(-c5ccccc5)cc-3c42)cc1. The van der Waals surface area contributed by atoms with Crippen LogP contribution < -0.4 is 36.4 Å². The van der Waals surface area contributed by atoms with Gasteiger partial charge in [-0.2, -0.15) is 0 Å². The summed E-state index contributed by atoms with van der Waals surface area (Å²) in [6, 6.07) is 96.5.